The third-order valence-corrected chi connectivity index (χ3v) is 3.41. The van der Waals surface area contributed by atoms with Crippen LogP contribution in [0.5, 0.6) is 0 Å². The van der Waals surface area contributed by atoms with E-state index in [0.717, 1.165) is 5.56 Å². The second-order valence-corrected chi connectivity index (χ2v) is 5.01. The summed E-state index contributed by atoms with van der Waals surface area (Å²) in [6.45, 7) is 0.183. The van der Waals surface area contributed by atoms with E-state index in [-0.39, 0.29) is 12.5 Å². The van der Waals surface area contributed by atoms with Crippen LogP contribution in [0.2, 0.25) is 5.02 Å². The van der Waals surface area contributed by atoms with Gasteiger partial charge in [0.1, 0.15) is 0 Å². The van der Waals surface area contributed by atoms with Gasteiger partial charge in [0.15, 0.2) is 0 Å². The molecule has 1 amide bonds. The molecule has 94 valence electrons. The van der Waals surface area contributed by atoms with Gasteiger partial charge in [-0.1, -0.05) is 17.7 Å². The normalized spacial score (nSPS) is 12.1. The Morgan fingerprint density at radius 3 is 2.94 bits per heavy atom. The Bertz CT molecular complexity index is 528. The van der Waals surface area contributed by atoms with E-state index < -0.39 is 6.10 Å². The number of hydrogen-bond acceptors (Lipinski definition) is 3. The molecule has 3 nitrogen and oxygen atoms in total. The van der Waals surface area contributed by atoms with Gasteiger partial charge in [-0.05, 0) is 40.6 Å². The first-order valence-electron chi connectivity index (χ1n) is 5.41. The molecule has 1 heterocycles. The van der Waals surface area contributed by atoms with Gasteiger partial charge >= 0.3 is 0 Å². The van der Waals surface area contributed by atoms with Crippen LogP contribution in [0.3, 0.4) is 0 Å². The van der Waals surface area contributed by atoms with E-state index in [0.29, 0.717) is 10.6 Å². The highest BCUT2D eigenvalue weighted by atomic mass is 35.5. The molecule has 0 bridgehead atoms. The molecule has 0 spiro atoms. The largest absolute Gasteiger partial charge is 0.387 e. The lowest BCUT2D eigenvalue weighted by atomic mass is 10.2. The Morgan fingerprint density at radius 2 is 2.28 bits per heavy atom. The number of benzene rings is 1. The maximum atomic E-state index is 11.8. The first-order valence-corrected chi connectivity index (χ1v) is 6.73. The number of aliphatic hydroxyl groups excluding tert-OH is 1. The topological polar surface area (TPSA) is 49.3 Å². The zero-order chi connectivity index (χ0) is 13.0. The summed E-state index contributed by atoms with van der Waals surface area (Å²) in [7, 11) is 0. The van der Waals surface area contributed by atoms with Crippen molar-refractivity contribution in [2.75, 3.05) is 6.54 Å². The number of amides is 1. The van der Waals surface area contributed by atoms with Gasteiger partial charge < -0.3 is 10.4 Å². The third-order valence-electron chi connectivity index (χ3n) is 2.47. The summed E-state index contributed by atoms with van der Waals surface area (Å²) in [6.07, 6.45) is -0.681. The SMILES string of the molecule is O=C(NC[C@@H](O)c1ccsc1)c1cccc(Cl)c1. The Kier molecular flexibility index (Phi) is 4.36. The fourth-order valence-corrected chi connectivity index (χ4v) is 2.40. The molecular formula is C13H12ClNO2S. The Hall–Kier alpha value is -1.36. The lowest BCUT2D eigenvalue weighted by Gasteiger charge is -2.10. The van der Waals surface area contributed by atoms with E-state index in [1.807, 2.05) is 16.8 Å². The van der Waals surface area contributed by atoms with Crippen LogP contribution in [0, 0.1) is 0 Å². The second-order valence-electron chi connectivity index (χ2n) is 3.79. The van der Waals surface area contributed by atoms with Crippen molar-refractivity contribution in [3.05, 3.63) is 57.2 Å². The Balaban J connectivity index is 1.92. The van der Waals surface area contributed by atoms with Crippen LogP contribution in [0.15, 0.2) is 41.1 Å². The lowest BCUT2D eigenvalue weighted by molar-refractivity contribution is 0.0916. The molecule has 0 fully saturated rings. The van der Waals surface area contributed by atoms with E-state index in [1.165, 1.54) is 11.3 Å². The number of rotatable bonds is 4. The average molecular weight is 282 g/mol. The van der Waals surface area contributed by atoms with Crippen LogP contribution in [-0.2, 0) is 0 Å². The molecule has 1 aromatic heterocycles. The molecule has 2 rings (SSSR count). The second kappa shape index (κ2) is 6.00. The molecule has 0 aliphatic rings. The van der Waals surface area contributed by atoms with Gasteiger partial charge in [0, 0.05) is 17.1 Å². The van der Waals surface area contributed by atoms with Gasteiger partial charge in [0.2, 0.25) is 0 Å². The summed E-state index contributed by atoms with van der Waals surface area (Å²) in [4.78, 5) is 11.8. The summed E-state index contributed by atoms with van der Waals surface area (Å²) < 4.78 is 0. The van der Waals surface area contributed by atoms with Crippen molar-refractivity contribution < 1.29 is 9.90 Å². The van der Waals surface area contributed by atoms with Crippen LogP contribution in [-0.4, -0.2) is 17.6 Å². The molecule has 0 aliphatic carbocycles. The van der Waals surface area contributed by atoms with Crippen molar-refractivity contribution in [3.8, 4) is 0 Å². The average Bonchev–Trinajstić information content (AvgIpc) is 2.89. The molecular weight excluding hydrogens is 270 g/mol. The Morgan fingerprint density at radius 1 is 1.44 bits per heavy atom. The zero-order valence-corrected chi connectivity index (χ0v) is 11.0. The van der Waals surface area contributed by atoms with Crippen molar-refractivity contribution in [1.29, 1.82) is 0 Å². The first kappa shape index (κ1) is 13.1. The molecule has 5 heteroatoms. The summed E-state index contributed by atoms with van der Waals surface area (Å²) in [5.74, 6) is -0.244. The van der Waals surface area contributed by atoms with Crippen LogP contribution in [0.4, 0.5) is 0 Å². The first-order chi connectivity index (χ1) is 8.66. The molecule has 2 N–H and O–H groups in total. The molecule has 1 aromatic carbocycles. The summed E-state index contributed by atoms with van der Waals surface area (Å²) in [6, 6.07) is 8.53. The van der Waals surface area contributed by atoms with Crippen LogP contribution >= 0.6 is 22.9 Å². The maximum absolute atomic E-state index is 11.8. The molecule has 2 aromatic rings. The Labute approximate surface area is 114 Å². The standard InChI is InChI=1S/C13H12ClNO2S/c14-11-3-1-2-9(6-11)13(17)15-7-12(16)10-4-5-18-8-10/h1-6,8,12,16H,7H2,(H,15,17)/t12-/m1/s1. The van der Waals surface area contributed by atoms with Gasteiger partial charge in [-0.25, -0.2) is 0 Å². The number of carbonyl (C=O) groups is 1. The maximum Gasteiger partial charge on any atom is 0.251 e. The zero-order valence-electron chi connectivity index (χ0n) is 9.47. The number of aliphatic hydroxyl groups is 1. The van der Waals surface area contributed by atoms with Crippen LogP contribution in [0.25, 0.3) is 0 Å². The van der Waals surface area contributed by atoms with Gasteiger partial charge in [0.05, 0.1) is 6.10 Å². The fraction of sp³-hybridized carbons (Fsp3) is 0.154. The highest BCUT2D eigenvalue weighted by Crippen LogP contribution is 2.15. The minimum Gasteiger partial charge on any atom is -0.387 e. The molecule has 0 saturated heterocycles. The number of carbonyl (C=O) groups excluding carboxylic acids is 1. The predicted molar refractivity (Wildman–Crippen MR) is 73.1 cm³/mol. The molecule has 0 aliphatic heterocycles. The molecule has 0 radical (unpaired) electrons. The van der Waals surface area contributed by atoms with Crippen LogP contribution < -0.4 is 5.32 Å². The van der Waals surface area contributed by atoms with Gasteiger partial charge in [-0.3, -0.25) is 4.79 Å². The van der Waals surface area contributed by atoms with Gasteiger partial charge in [-0.2, -0.15) is 11.3 Å². The summed E-state index contributed by atoms with van der Waals surface area (Å²) in [5, 5.41) is 16.8. The monoisotopic (exact) mass is 281 g/mol. The summed E-state index contributed by atoms with van der Waals surface area (Å²) in [5.41, 5.74) is 1.30. The van der Waals surface area contributed by atoms with Crippen molar-refractivity contribution in [2.24, 2.45) is 0 Å². The van der Waals surface area contributed by atoms with Crippen LogP contribution in [0.1, 0.15) is 22.0 Å². The fourth-order valence-electron chi connectivity index (χ4n) is 1.50. The third kappa shape index (κ3) is 3.32. The van der Waals surface area contributed by atoms with Gasteiger partial charge in [-0.15, -0.1) is 0 Å². The van der Waals surface area contributed by atoms with Gasteiger partial charge in [0.25, 0.3) is 5.91 Å². The molecule has 18 heavy (non-hydrogen) atoms. The molecule has 0 saturated carbocycles. The highest BCUT2D eigenvalue weighted by Gasteiger charge is 2.11. The molecule has 0 unspecified atom stereocenters. The molecule has 1 atom stereocenters. The minimum atomic E-state index is -0.681. The number of halogens is 1. The van der Waals surface area contributed by atoms with Crippen molar-refractivity contribution >= 4 is 28.8 Å². The van der Waals surface area contributed by atoms with Crippen molar-refractivity contribution in [3.63, 3.8) is 0 Å². The van der Waals surface area contributed by atoms with Crippen molar-refractivity contribution in [1.82, 2.24) is 5.32 Å². The van der Waals surface area contributed by atoms with Crippen molar-refractivity contribution in [2.45, 2.75) is 6.10 Å². The number of thiophene rings is 1. The lowest BCUT2D eigenvalue weighted by Crippen LogP contribution is -2.28. The van der Waals surface area contributed by atoms with E-state index >= 15 is 0 Å². The van der Waals surface area contributed by atoms with E-state index in [9.17, 15) is 9.90 Å². The summed E-state index contributed by atoms with van der Waals surface area (Å²) >= 11 is 7.32. The number of nitrogens with one attached hydrogen (secondary N) is 1. The number of hydrogen-bond donors (Lipinski definition) is 2. The van der Waals surface area contributed by atoms with E-state index in [4.69, 9.17) is 11.6 Å². The minimum absolute atomic E-state index is 0.183. The highest BCUT2D eigenvalue weighted by molar-refractivity contribution is 7.07. The predicted octanol–water partition coefficient (Wildman–Crippen LogP) is 2.86. The van der Waals surface area contributed by atoms with E-state index in [1.54, 1.807) is 24.3 Å². The smallest absolute Gasteiger partial charge is 0.251 e. The van der Waals surface area contributed by atoms with E-state index in [2.05, 4.69) is 5.32 Å². The quantitative estimate of drug-likeness (QED) is 0.905.